The summed E-state index contributed by atoms with van der Waals surface area (Å²) in [5.74, 6) is -0.305. The van der Waals surface area contributed by atoms with Gasteiger partial charge in [0.05, 0.1) is 13.3 Å². The van der Waals surface area contributed by atoms with Crippen molar-refractivity contribution in [2.75, 3.05) is 7.11 Å². The molecule has 0 spiro atoms. The van der Waals surface area contributed by atoms with E-state index >= 15 is 0 Å². The molecule has 0 unspecified atom stereocenters. The zero-order chi connectivity index (χ0) is 21.6. The highest BCUT2D eigenvalue weighted by Gasteiger charge is 2.21. The third kappa shape index (κ3) is 5.16. The van der Waals surface area contributed by atoms with E-state index in [1.54, 1.807) is 60.7 Å². The minimum atomic E-state index is -4.10. The lowest BCUT2D eigenvalue weighted by Gasteiger charge is -2.13. The molecule has 0 aliphatic heterocycles. The number of carbonyl (C=O) groups excluding carboxylic acids is 1. The molecule has 0 aromatic heterocycles. The lowest BCUT2D eigenvalue weighted by Crippen LogP contribution is -2.17. The first-order chi connectivity index (χ1) is 14.4. The summed E-state index contributed by atoms with van der Waals surface area (Å²) >= 11 is 5.81. The second-order valence-electron chi connectivity index (χ2n) is 5.94. The summed E-state index contributed by atoms with van der Waals surface area (Å²) in [7, 11) is -2.71. The van der Waals surface area contributed by atoms with Crippen molar-refractivity contribution in [2.24, 2.45) is 5.10 Å². The molecule has 3 aromatic carbocycles. The number of nitrogens with zero attached hydrogens (tertiary/aromatic N) is 1. The molecule has 0 bridgehead atoms. The average molecular weight is 445 g/mol. The fraction of sp³-hybridized carbons (Fsp3) is 0.0476. The maximum Gasteiger partial charge on any atom is 0.339 e. The number of carbonyl (C=O) groups is 1. The van der Waals surface area contributed by atoms with Crippen molar-refractivity contribution in [3.63, 3.8) is 0 Å². The van der Waals surface area contributed by atoms with Gasteiger partial charge in [-0.15, -0.1) is 0 Å². The van der Waals surface area contributed by atoms with E-state index in [-0.39, 0.29) is 16.4 Å². The van der Waals surface area contributed by atoms with Crippen molar-refractivity contribution in [1.29, 1.82) is 0 Å². The van der Waals surface area contributed by atoms with Crippen LogP contribution in [0.4, 0.5) is 0 Å². The molecule has 0 radical (unpaired) electrons. The largest absolute Gasteiger partial charge is 0.493 e. The molecular weight excluding hydrogens is 428 g/mol. The molecule has 9 heteroatoms. The van der Waals surface area contributed by atoms with E-state index in [0.717, 1.165) is 0 Å². The standard InChI is InChI=1S/C21H17ClN2O5S/c1-28-19-9-5-6-16(14-23-24-21(25)15-10-12-17(22)13-11-15)20(19)29-30(26,27)18-7-3-2-4-8-18/h2-14H,1H3,(H,24,25)/b23-14-. The van der Waals surface area contributed by atoms with Gasteiger partial charge in [0.15, 0.2) is 11.5 Å². The molecule has 0 aliphatic carbocycles. The summed E-state index contributed by atoms with van der Waals surface area (Å²) in [4.78, 5) is 12.1. The highest BCUT2D eigenvalue weighted by molar-refractivity contribution is 7.87. The fourth-order valence-electron chi connectivity index (χ4n) is 2.46. The van der Waals surface area contributed by atoms with Gasteiger partial charge in [-0.3, -0.25) is 4.79 Å². The summed E-state index contributed by atoms with van der Waals surface area (Å²) in [5.41, 5.74) is 3.03. The zero-order valence-corrected chi connectivity index (χ0v) is 17.4. The summed E-state index contributed by atoms with van der Waals surface area (Å²) < 4.78 is 35.8. The predicted octanol–water partition coefficient (Wildman–Crippen LogP) is 3.88. The normalized spacial score (nSPS) is 11.3. The van der Waals surface area contributed by atoms with Gasteiger partial charge in [-0.2, -0.15) is 13.5 Å². The number of halogens is 1. The van der Waals surface area contributed by atoms with Crippen LogP contribution in [0.15, 0.2) is 82.8 Å². The highest BCUT2D eigenvalue weighted by Crippen LogP contribution is 2.32. The third-order valence-corrected chi connectivity index (χ3v) is 5.42. The molecule has 3 rings (SSSR count). The van der Waals surface area contributed by atoms with Crippen LogP contribution in [0.25, 0.3) is 0 Å². The topological polar surface area (TPSA) is 94.1 Å². The van der Waals surface area contributed by atoms with Gasteiger partial charge in [-0.25, -0.2) is 5.43 Å². The Kier molecular flexibility index (Phi) is 6.71. The molecule has 0 heterocycles. The molecule has 154 valence electrons. The van der Waals surface area contributed by atoms with E-state index in [4.69, 9.17) is 20.5 Å². The molecule has 0 atom stereocenters. The van der Waals surface area contributed by atoms with E-state index in [1.807, 2.05) is 0 Å². The van der Waals surface area contributed by atoms with Crippen molar-refractivity contribution in [3.05, 3.63) is 88.9 Å². The lowest BCUT2D eigenvalue weighted by atomic mass is 10.2. The van der Waals surface area contributed by atoms with E-state index in [0.29, 0.717) is 16.1 Å². The molecule has 0 aliphatic rings. The molecule has 3 aromatic rings. The van der Waals surface area contributed by atoms with Crippen LogP contribution in [-0.2, 0) is 10.1 Å². The van der Waals surface area contributed by atoms with Crippen LogP contribution in [0.1, 0.15) is 15.9 Å². The minimum absolute atomic E-state index is 0.00478. The Morgan fingerprint density at radius 1 is 1.00 bits per heavy atom. The SMILES string of the molecule is COc1cccc(/C=N\NC(=O)c2ccc(Cl)cc2)c1OS(=O)(=O)c1ccccc1. The summed E-state index contributed by atoms with van der Waals surface area (Å²) in [6.45, 7) is 0. The first-order valence-electron chi connectivity index (χ1n) is 8.66. The number of amides is 1. The number of hydrogen-bond acceptors (Lipinski definition) is 6. The highest BCUT2D eigenvalue weighted by atomic mass is 35.5. The van der Waals surface area contributed by atoms with Gasteiger partial charge in [-0.1, -0.05) is 35.9 Å². The summed E-state index contributed by atoms with van der Waals surface area (Å²) in [5, 5.41) is 4.40. The Labute approximate surface area is 179 Å². The first kappa shape index (κ1) is 21.4. The maximum absolute atomic E-state index is 12.6. The number of rotatable bonds is 7. The number of para-hydroxylation sites is 1. The Morgan fingerprint density at radius 3 is 2.37 bits per heavy atom. The Morgan fingerprint density at radius 2 is 1.70 bits per heavy atom. The van der Waals surface area contributed by atoms with Gasteiger partial charge >= 0.3 is 10.1 Å². The molecular formula is C21H17ClN2O5S. The van der Waals surface area contributed by atoms with E-state index < -0.39 is 16.0 Å². The van der Waals surface area contributed by atoms with Gasteiger partial charge in [-0.05, 0) is 48.5 Å². The molecule has 7 nitrogen and oxygen atoms in total. The van der Waals surface area contributed by atoms with Crippen LogP contribution < -0.4 is 14.3 Å². The molecule has 0 fully saturated rings. The van der Waals surface area contributed by atoms with Crippen LogP contribution in [0.2, 0.25) is 5.02 Å². The minimum Gasteiger partial charge on any atom is -0.493 e. The van der Waals surface area contributed by atoms with Gasteiger partial charge in [0.2, 0.25) is 0 Å². The van der Waals surface area contributed by atoms with Gasteiger partial charge in [0.1, 0.15) is 4.90 Å². The Bertz CT molecular complexity index is 1160. The fourth-order valence-corrected chi connectivity index (χ4v) is 3.57. The number of benzene rings is 3. The average Bonchev–Trinajstić information content (AvgIpc) is 2.75. The second kappa shape index (κ2) is 9.43. The Balaban J connectivity index is 1.84. The molecule has 0 saturated heterocycles. The van der Waals surface area contributed by atoms with Crippen LogP contribution >= 0.6 is 11.6 Å². The van der Waals surface area contributed by atoms with Crippen molar-refractivity contribution < 1.29 is 22.1 Å². The molecule has 0 saturated carbocycles. The second-order valence-corrected chi connectivity index (χ2v) is 7.92. The third-order valence-electron chi connectivity index (χ3n) is 3.93. The van der Waals surface area contributed by atoms with Gasteiger partial charge in [0, 0.05) is 16.1 Å². The van der Waals surface area contributed by atoms with Gasteiger partial charge < -0.3 is 8.92 Å². The van der Waals surface area contributed by atoms with Crippen molar-refractivity contribution in [3.8, 4) is 11.5 Å². The van der Waals surface area contributed by atoms with E-state index in [9.17, 15) is 13.2 Å². The maximum atomic E-state index is 12.6. The number of methoxy groups -OCH3 is 1. The van der Waals surface area contributed by atoms with Crippen LogP contribution in [0, 0.1) is 0 Å². The number of nitrogens with one attached hydrogen (secondary N) is 1. The number of hydrazone groups is 1. The Hall–Kier alpha value is -3.36. The molecule has 1 N–H and O–H groups in total. The number of ether oxygens (including phenoxy) is 1. The zero-order valence-electron chi connectivity index (χ0n) is 15.8. The van der Waals surface area contributed by atoms with Crippen molar-refractivity contribution in [1.82, 2.24) is 5.43 Å². The van der Waals surface area contributed by atoms with Crippen LogP contribution in [0.3, 0.4) is 0 Å². The summed E-state index contributed by atoms with van der Waals surface area (Å²) in [6, 6.07) is 18.8. The van der Waals surface area contributed by atoms with Crippen molar-refractivity contribution in [2.45, 2.75) is 4.90 Å². The lowest BCUT2D eigenvalue weighted by molar-refractivity contribution is 0.0955. The van der Waals surface area contributed by atoms with Crippen LogP contribution in [-0.4, -0.2) is 27.6 Å². The monoisotopic (exact) mass is 444 g/mol. The predicted molar refractivity (Wildman–Crippen MR) is 114 cm³/mol. The van der Waals surface area contributed by atoms with Crippen molar-refractivity contribution >= 4 is 33.8 Å². The molecule has 1 amide bonds. The van der Waals surface area contributed by atoms with E-state index in [1.165, 1.54) is 25.5 Å². The quantitative estimate of drug-likeness (QED) is 0.339. The molecule has 30 heavy (non-hydrogen) atoms. The van der Waals surface area contributed by atoms with Crippen LogP contribution in [0.5, 0.6) is 11.5 Å². The number of hydrogen-bond donors (Lipinski definition) is 1. The van der Waals surface area contributed by atoms with E-state index in [2.05, 4.69) is 10.5 Å². The summed E-state index contributed by atoms with van der Waals surface area (Å²) in [6.07, 6.45) is 1.27. The smallest absolute Gasteiger partial charge is 0.339 e. The first-order valence-corrected chi connectivity index (χ1v) is 10.4. The van der Waals surface area contributed by atoms with Gasteiger partial charge in [0.25, 0.3) is 5.91 Å².